The van der Waals surface area contributed by atoms with Gasteiger partial charge in [-0.15, -0.1) is 0 Å². The van der Waals surface area contributed by atoms with Crippen LogP contribution in [0.1, 0.15) is 59.6 Å². The zero-order valence-electron chi connectivity index (χ0n) is 17.3. The number of benzene rings is 2. The molecule has 2 aromatic carbocycles. The molecule has 0 bridgehead atoms. The Morgan fingerprint density at radius 3 is 1.48 bits per heavy atom. The molecule has 0 aliphatic carbocycles. The smallest absolute Gasteiger partial charge is 0.268 e. The van der Waals surface area contributed by atoms with Crippen LogP contribution in [0.5, 0.6) is 11.5 Å². The molecule has 148 valence electrons. The van der Waals surface area contributed by atoms with Gasteiger partial charge in [0, 0.05) is 0 Å². The second-order valence-electron chi connectivity index (χ2n) is 8.88. The Hall–Kier alpha value is -1.77. The highest BCUT2D eigenvalue weighted by molar-refractivity contribution is 7.74. The molecule has 0 amide bonds. The van der Waals surface area contributed by atoms with Gasteiger partial charge in [0.15, 0.2) is 0 Å². The Morgan fingerprint density at radius 1 is 0.815 bits per heavy atom. The molecule has 0 aliphatic heterocycles. The molecule has 0 atom stereocenters. The molecule has 5 heteroatoms. The molecule has 0 aliphatic rings. The molecule has 0 spiro atoms. The Kier molecular flexibility index (Phi) is 5.85. The van der Waals surface area contributed by atoms with Gasteiger partial charge in [0.05, 0.1) is 17.2 Å². The number of aromatic hydroxyl groups is 2. The fourth-order valence-corrected chi connectivity index (χ4v) is 5.17. The molecule has 0 saturated carbocycles. The zero-order chi connectivity index (χ0) is 20.6. The summed E-state index contributed by atoms with van der Waals surface area (Å²) in [5, 5.41) is 21.5. The van der Waals surface area contributed by atoms with Crippen molar-refractivity contribution in [3.8, 4) is 11.5 Å². The van der Waals surface area contributed by atoms with E-state index in [2.05, 4.69) is 0 Å². The summed E-state index contributed by atoms with van der Waals surface area (Å²) in [4.78, 5) is 0. The standard InChI is InChI=1S/C22H31O4P/c1-8-26-27(25,19-13-15(21(2,3)4)9-11-17(19)23)20-14-16(22(5,6)7)10-12-18(20)24/h9-14,23-24H,8H2,1-7H3. The monoisotopic (exact) mass is 390 g/mol. The van der Waals surface area contributed by atoms with E-state index >= 15 is 0 Å². The van der Waals surface area contributed by atoms with E-state index in [-0.39, 0.29) is 39.5 Å². The molecule has 2 N–H and O–H groups in total. The lowest BCUT2D eigenvalue weighted by atomic mass is 9.87. The van der Waals surface area contributed by atoms with Crippen LogP contribution in [0, 0.1) is 0 Å². The van der Waals surface area contributed by atoms with Crippen LogP contribution in [0.4, 0.5) is 0 Å². The molecule has 0 fully saturated rings. The Labute approximate surface area is 162 Å². The minimum absolute atomic E-state index is 0.0969. The predicted octanol–water partition coefficient (Wildman–Crippen LogP) is 4.96. The van der Waals surface area contributed by atoms with E-state index in [1.54, 1.807) is 31.2 Å². The number of phenols is 2. The average Bonchev–Trinajstić information content (AvgIpc) is 2.53. The van der Waals surface area contributed by atoms with Crippen LogP contribution < -0.4 is 10.6 Å². The van der Waals surface area contributed by atoms with E-state index in [0.29, 0.717) is 0 Å². The minimum atomic E-state index is -3.69. The van der Waals surface area contributed by atoms with E-state index in [1.165, 1.54) is 0 Å². The third kappa shape index (κ3) is 4.39. The second kappa shape index (κ2) is 7.33. The fourth-order valence-electron chi connectivity index (χ4n) is 2.90. The SMILES string of the molecule is CCOP(=O)(c1cc(C(C)(C)C)ccc1O)c1cc(C(C)(C)C)ccc1O. The first-order valence-corrected chi connectivity index (χ1v) is 10.9. The summed E-state index contributed by atoms with van der Waals surface area (Å²) in [6.07, 6.45) is 0. The minimum Gasteiger partial charge on any atom is -0.507 e. The van der Waals surface area contributed by atoms with Crippen LogP contribution in [0.25, 0.3) is 0 Å². The van der Waals surface area contributed by atoms with Crippen molar-refractivity contribution in [3.05, 3.63) is 47.5 Å². The summed E-state index contributed by atoms with van der Waals surface area (Å²) in [5.74, 6) is -0.194. The van der Waals surface area contributed by atoms with E-state index in [0.717, 1.165) is 11.1 Å². The van der Waals surface area contributed by atoms with Crippen LogP contribution >= 0.6 is 7.37 Å². The number of rotatable bonds is 4. The van der Waals surface area contributed by atoms with Gasteiger partial charge in [-0.3, -0.25) is 4.57 Å². The van der Waals surface area contributed by atoms with Gasteiger partial charge in [0.1, 0.15) is 11.5 Å². The van der Waals surface area contributed by atoms with Gasteiger partial charge in [0.25, 0.3) is 7.37 Å². The molecular formula is C22H31O4P. The first-order valence-electron chi connectivity index (χ1n) is 9.23. The molecule has 2 aromatic rings. The first-order chi connectivity index (χ1) is 12.3. The summed E-state index contributed by atoms with van der Waals surface area (Å²) in [6, 6.07) is 10.2. The first kappa shape index (κ1) is 21.5. The van der Waals surface area contributed by atoms with Gasteiger partial charge in [-0.1, -0.05) is 53.7 Å². The van der Waals surface area contributed by atoms with E-state index in [1.807, 2.05) is 53.7 Å². The third-order valence-electron chi connectivity index (χ3n) is 4.63. The molecule has 4 nitrogen and oxygen atoms in total. The Morgan fingerprint density at radius 2 is 1.19 bits per heavy atom. The molecular weight excluding hydrogens is 359 g/mol. The van der Waals surface area contributed by atoms with Gasteiger partial charge < -0.3 is 14.7 Å². The van der Waals surface area contributed by atoms with Crippen molar-refractivity contribution in [1.82, 2.24) is 0 Å². The van der Waals surface area contributed by atoms with Crippen LogP contribution in [-0.4, -0.2) is 16.8 Å². The molecule has 0 radical (unpaired) electrons. The largest absolute Gasteiger partial charge is 0.507 e. The highest BCUT2D eigenvalue weighted by atomic mass is 31.2. The van der Waals surface area contributed by atoms with E-state index in [4.69, 9.17) is 4.52 Å². The van der Waals surface area contributed by atoms with Gasteiger partial charge in [-0.2, -0.15) is 0 Å². The van der Waals surface area contributed by atoms with E-state index in [9.17, 15) is 14.8 Å². The predicted molar refractivity (Wildman–Crippen MR) is 112 cm³/mol. The van der Waals surface area contributed by atoms with Crippen molar-refractivity contribution in [1.29, 1.82) is 0 Å². The zero-order valence-corrected chi connectivity index (χ0v) is 18.2. The van der Waals surface area contributed by atoms with Gasteiger partial charge in [-0.05, 0) is 53.1 Å². The Bertz CT molecular complexity index is 805. The lowest BCUT2D eigenvalue weighted by Gasteiger charge is -2.26. The third-order valence-corrected chi connectivity index (χ3v) is 7.23. The molecule has 0 saturated heterocycles. The van der Waals surface area contributed by atoms with Crippen molar-refractivity contribution in [3.63, 3.8) is 0 Å². The topological polar surface area (TPSA) is 66.8 Å². The Balaban J connectivity index is 2.79. The maximum absolute atomic E-state index is 14.1. The van der Waals surface area contributed by atoms with Crippen LogP contribution in [-0.2, 0) is 19.9 Å². The molecule has 0 unspecified atom stereocenters. The van der Waals surface area contributed by atoms with E-state index < -0.39 is 7.37 Å². The lowest BCUT2D eigenvalue weighted by molar-refractivity contribution is 0.346. The van der Waals surface area contributed by atoms with Crippen molar-refractivity contribution < 1.29 is 19.3 Å². The second-order valence-corrected chi connectivity index (χ2v) is 11.2. The van der Waals surface area contributed by atoms with Gasteiger partial charge in [-0.25, -0.2) is 0 Å². The normalized spacial score (nSPS) is 13.0. The van der Waals surface area contributed by atoms with Crippen LogP contribution in [0.2, 0.25) is 0 Å². The molecule has 0 aromatic heterocycles. The highest BCUT2D eigenvalue weighted by Gasteiger charge is 2.36. The van der Waals surface area contributed by atoms with Gasteiger partial charge >= 0.3 is 0 Å². The maximum atomic E-state index is 14.1. The van der Waals surface area contributed by atoms with Crippen LogP contribution in [0.3, 0.4) is 0 Å². The highest BCUT2D eigenvalue weighted by Crippen LogP contribution is 2.50. The van der Waals surface area contributed by atoms with Crippen molar-refractivity contribution in [2.75, 3.05) is 6.61 Å². The van der Waals surface area contributed by atoms with Gasteiger partial charge in [0.2, 0.25) is 0 Å². The summed E-state index contributed by atoms with van der Waals surface area (Å²) in [5.41, 5.74) is 1.49. The molecule has 27 heavy (non-hydrogen) atoms. The summed E-state index contributed by atoms with van der Waals surface area (Å²) >= 11 is 0. The quantitative estimate of drug-likeness (QED) is 0.724. The van der Waals surface area contributed by atoms with Crippen LogP contribution in [0.15, 0.2) is 36.4 Å². The molecule has 2 rings (SSSR count). The lowest BCUT2D eigenvalue weighted by Crippen LogP contribution is -2.23. The average molecular weight is 390 g/mol. The summed E-state index contributed by atoms with van der Waals surface area (Å²) in [6.45, 7) is 14.2. The number of hydrogen-bond donors (Lipinski definition) is 2. The summed E-state index contributed by atoms with van der Waals surface area (Å²) < 4.78 is 19.8. The van der Waals surface area contributed by atoms with Crippen molar-refractivity contribution >= 4 is 18.0 Å². The van der Waals surface area contributed by atoms with Crippen molar-refractivity contribution in [2.45, 2.75) is 59.3 Å². The molecule has 0 heterocycles. The maximum Gasteiger partial charge on any atom is 0.268 e. The summed E-state index contributed by atoms with van der Waals surface area (Å²) in [7, 11) is -3.69. The number of phenolic OH excluding ortho intramolecular Hbond substituents is 2. The fraction of sp³-hybridized carbons (Fsp3) is 0.455. The number of hydrogen-bond acceptors (Lipinski definition) is 4. The van der Waals surface area contributed by atoms with Crippen molar-refractivity contribution in [2.24, 2.45) is 0 Å².